The van der Waals surface area contributed by atoms with Crippen molar-refractivity contribution in [3.05, 3.63) is 69.1 Å². The molecule has 1 aromatic carbocycles. The molecule has 0 saturated carbocycles. The van der Waals surface area contributed by atoms with E-state index >= 15 is 0 Å². The molecule has 1 unspecified atom stereocenters. The molecule has 1 atom stereocenters. The predicted octanol–water partition coefficient (Wildman–Crippen LogP) is 1.69. The van der Waals surface area contributed by atoms with Crippen molar-refractivity contribution in [3.63, 3.8) is 0 Å². The summed E-state index contributed by atoms with van der Waals surface area (Å²) in [6.45, 7) is 4.02. The molecule has 0 aliphatic carbocycles. The van der Waals surface area contributed by atoms with E-state index in [0.717, 1.165) is 10.6 Å². The number of aliphatic hydroxyl groups is 2. The Morgan fingerprint density at radius 2 is 2.04 bits per heavy atom. The minimum absolute atomic E-state index is 0.00165. The monoisotopic (exact) mass is 372 g/mol. The number of nitrogens with two attached hydrogens (primary N) is 1. The van der Waals surface area contributed by atoms with Gasteiger partial charge in [-0.1, -0.05) is 41.7 Å². The van der Waals surface area contributed by atoms with Crippen LogP contribution in [0.25, 0.3) is 0 Å². The van der Waals surface area contributed by atoms with Gasteiger partial charge in [-0.05, 0) is 12.5 Å². The molecule has 7 heteroatoms. The summed E-state index contributed by atoms with van der Waals surface area (Å²) in [7, 11) is 0. The molecule has 3 rings (SSSR count). The number of hydrogen-bond acceptors (Lipinski definition) is 6. The van der Waals surface area contributed by atoms with Crippen LogP contribution < -0.4 is 10.3 Å². The van der Waals surface area contributed by atoms with Gasteiger partial charge in [0.25, 0.3) is 5.01 Å². The molecule has 26 heavy (non-hydrogen) atoms. The summed E-state index contributed by atoms with van der Waals surface area (Å²) < 4.78 is 10.5. The van der Waals surface area contributed by atoms with Crippen LogP contribution in [0.4, 0.5) is 5.82 Å². The van der Waals surface area contributed by atoms with Crippen molar-refractivity contribution in [1.82, 2.24) is 9.97 Å². The van der Waals surface area contributed by atoms with Crippen molar-refractivity contribution < 1.29 is 16.2 Å². The lowest BCUT2D eigenvalue weighted by Gasteiger charge is -2.08. The molecule has 2 heterocycles. The number of aryl methyl sites for hydroxylation is 1. The van der Waals surface area contributed by atoms with E-state index in [0.29, 0.717) is 40.7 Å². The normalized spacial score (nSPS) is 14.1. The van der Waals surface area contributed by atoms with Crippen LogP contribution in [-0.2, 0) is 13.0 Å². The lowest BCUT2D eigenvalue weighted by molar-refractivity contribution is -0.699. The van der Waals surface area contributed by atoms with E-state index in [9.17, 15) is 10.2 Å². The number of thiazole rings is 1. The van der Waals surface area contributed by atoms with E-state index in [-0.39, 0.29) is 6.61 Å². The van der Waals surface area contributed by atoms with Gasteiger partial charge in [0.05, 0.1) is 11.8 Å². The second kappa shape index (κ2) is 7.90. The maximum atomic E-state index is 11.1. The highest BCUT2D eigenvalue weighted by atomic mass is 32.1. The van der Waals surface area contributed by atoms with Crippen molar-refractivity contribution in [3.8, 4) is 0 Å². The van der Waals surface area contributed by atoms with E-state index < -0.39 is 6.08 Å². The molecule has 0 fully saturated rings. The number of hydrogen-bond donors (Lipinski definition) is 3. The van der Waals surface area contributed by atoms with Crippen LogP contribution >= 0.6 is 11.3 Å². The van der Waals surface area contributed by atoms with E-state index in [1.54, 1.807) is 37.4 Å². The molecule has 136 valence electrons. The SMILES string of the molecule is [2H]C(O)(c1ccccc1)c1sc(CCO)c(C)[n+]1Cc1cnc(C)nc1N. The minimum atomic E-state index is -1.93. The van der Waals surface area contributed by atoms with Gasteiger partial charge in [0.2, 0.25) is 0 Å². The molecule has 0 aliphatic rings. The van der Waals surface area contributed by atoms with Gasteiger partial charge in [0.1, 0.15) is 11.6 Å². The first kappa shape index (κ1) is 17.1. The topological polar surface area (TPSA) is 96.1 Å². The fraction of sp³-hybridized carbons (Fsp3) is 0.316. The summed E-state index contributed by atoms with van der Waals surface area (Å²) >= 11 is 1.32. The predicted molar refractivity (Wildman–Crippen MR) is 101 cm³/mol. The first-order valence-electron chi connectivity index (χ1n) is 8.84. The Balaban J connectivity index is 2.12. The highest BCUT2D eigenvalue weighted by Gasteiger charge is 2.30. The molecule has 2 aromatic heterocycles. The molecular weight excluding hydrogens is 348 g/mol. The summed E-state index contributed by atoms with van der Waals surface area (Å²) in [6.07, 6.45) is 0.203. The lowest BCUT2D eigenvalue weighted by Crippen LogP contribution is -2.41. The van der Waals surface area contributed by atoms with Crippen molar-refractivity contribution in [1.29, 1.82) is 0 Å². The second-order valence-electron chi connectivity index (χ2n) is 6.02. The number of aromatic nitrogens is 3. The van der Waals surface area contributed by atoms with Crippen molar-refractivity contribution in [2.75, 3.05) is 12.3 Å². The Bertz CT molecular complexity index is 944. The van der Waals surface area contributed by atoms with Crippen LogP contribution in [0.15, 0.2) is 36.5 Å². The molecule has 0 spiro atoms. The van der Waals surface area contributed by atoms with Crippen molar-refractivity contribution >= 4 is 17.2 Å². The zero-order valence-corrected chi connectivity index (χ0v) is 15.6. The highest BCUT2D eigenvalue weighted by Crippen LogP contribution is 2.28. The van der Waals surface area contributed by atoms with Crippen LogP contribution in [0, 0.1) is 13.8 Å². The lowest BCUT2D eigenvalue weighted by atomic mass is 10.1. The van der Waals surface area contributed by atoms with Gasteiger partial charge in [-0.2, -0.15) is 4.57 Å². The fourth-order valence-corrected chi connectivity index (χ4v) is 3.98. The van der Waals surface area contributed by atoms with Crippen LogP contribution in [0.5, 0.6) is 0 Å². The van der Waals surface area contributed by atoms with Crippen molar-refractivity contribution in [2.24, 2.45) is 0 Å². The maximum Gasteiger partial charge on any atom is 0.271 e. The Kier molecular flexibility index (Phi) is 5.19. The number of nitrogen functional groups attached to an aromatic ring is 1. The van der Waals surface area contributed by atoms with E-state index in [1.165, 1.54) is 11.3 Å². The number of anilines is 1. The van der Waals surface area contributed by atoms with Crippen LogP contribution in [0.3, 0.4) is 0 Å². The first-order valence-corrected chi connectivity index (χ1v) is 9.15. The Morgan fingerprint density at radius 3 is 2.69 bits per heavy atom. The molecule has 6 nitrogen and oxygen atoms in total. The first-order chi connectivity index (χ1) is 12.8. The van der Waals surface area contributed by atoms with Gasteiger partial charge in [0, 0.05) is 26.1 Å². The molecule has 0 saturated heterocycles. The molecule has 0 amide bonds. The summed E-state index contributed by atoms with van der Waals surface area (Å²) in [5.74, 6) is 0.967. The van der Waals surface area contributed by atoms with Crippen LogP contribution in [-0.4, -0.2) is 26.8 Å². The Labute approximate surface area is 158 Å². The third kappa shape index (κ3) is 3.75. The van der Waals surface area contributed by atoms with Gasteiger partial charge < -0.3 is 15.9 Å². The zero-order chi connectivity index (χ0) is 19.6. The number of nitrogens with zero attached hydrogens (tertiary/aromatic N) is 3. The zero-order valence-electron chi connectivity index (χ0n) is 15.8. The van der Waals surface area contributed by atoms with Crippen LogP contribution in [0.1, 0.15) is 40.0 Å². The van der Waals surface area contributed by atoms with Gasteiger partial charge in [-0.15, -0.1) is 0 Å². The molecule has 0 radical (unpaired) electrons. The van der Waals surface area contributed by atoms with Gasteiger partial charge in [-0.3, -0.25) is 0 Å². The van der Waals surface area contributed by atoms with Gasteiger partial charge >= 0.3 is 0 Å². The fourth-order valence-electron chi connectivity index (χ4n) is 2.77. The molecule has 0 bridgehead atoms. The van der Waals surface area contributed by atoms with Gasteiger partial charge in [-0.25, -0.2) is 9.97 Å². The number of rotatable bonds is 6. The molecule has 3 aromatic rings. The molecule has 4 N–H and O–H groups in total. The van der Waals surface area contributed by atoms with Crippen molar-refractivity contribution in [2.45, 2.75) is 32.9 Å². The van der Waals surface area contributed by atoms with Gasteiger partial charge in [0.15, 0.2) is 18.3 Å². The minimum Gasteiger partial charge on any atom is -0.396 e. The molecular formula is C19H23N4O2S+. The van der Waals surface area contributed by atoms with E-state index in [4.69, 9.17) is 7.10 Å². The molecule has 0 aliphatic heterocycles. The quantitative estimate of drug-likeness (QED) is 0.572. The smallest absolute Gasteiger partial charge is 0.271 e. The summed E-state index contributed by atoms with van der Waals surface area (Å²) in [5.41, 5.74) is 8.12. The highest BCUT2D eigenvalue weighted by molar-refractivity contribution is 7.11. The summed E-state index contributed by atoms with van der Waals surface area (Å²) in [4.78, 5) is 9.33. The number of aliphatic hydroxyl groups excluding tert-OH is 1. The Morgan fingerprint density at radius 1 is 1.31 bits per heavy atom. The average Bonchev–Trinajstić information content (AvgIpc) is 2.95. The standard InChI is InChI=1S/C19H23N4O2S/c1-12-16(8-9-24)26-19(17(25)14-6-4-3-5-7-14)23(12)11-15-10-21-13(2)22-18(15)20/h3-7,10,17,24-25H,8-9,11H2,1-2H3,(H2,20,21,22)/q+1/i17D. The van der Waals surface area contributed by atoms with Crippen LogP contribution in [0.2, 0.25) is 0 Å². The summed E-state index contributed by atoms with van der Waals surface area (Å²) in [6, 6.07) is 8.87. The van der Waals surface area contributed by atoms with E-state index in [2.05, 4.69) is 9.97 Å². The van der Waals surface area contributed by atoms with E-state index in [1.807, 2.05) is 17.6 Å². The third-order valence-electron chi connectivity index (χ3n) is 4.21. The number of benzene rings is 1. The third-order valence-corrected chi connectivity index (χ3v) is 5.56. The maximum absolute atomic E-state index is 11.1. The second-order valence-corrected chi connectivity index (χ2v) is 7.10. The summed E-state index contributed by atoms with van der Waals surface area (Å²) in [5, 5.41) is 20.9. The largest absolute Gasteiger partial charge is 0.396 e. The average molecular weight is 372 g/mol. The Hall–Kier alpha value is -2.35.